The summed E-state index contributed by atoms with van der Waals surface area (Å²) >= 11 is 3.50. The number of hydrogen-bond acceptors (Lipinski definition) is 6. The van der Waals surface area contributed by atoms with E-state index in [4.69, 9.17) is 0 Å². The Balaban J connectivity index is 1.59. The molecule has 45 heavy (non-hydrogen) atoms. The van der Waals surface area contributed by atoms with Crippen molar-refractivity contribution in [1.82, 2.24) is 0 Å². The third-order valence-corrected chi connectivity index (χ3v) is 10.1. The molecule has 4 aromatic rings. The Morgan fingerprint density at radius 2 is 1.31 bits per heavy atom. The van der Waals surface area contributed by atoms with Crippen molar-refractivity contribution in [2.45, 2.75) is 36.4 Å². The molecule has 0 N–H and O–H groups in total. The van der Waals surface area contributed by atoms with E-state index in [0.29, 0.717) is 15.8 Å². The van der Waals surface area contributed by atoms with Gasteiger partial charge in [0.1, 0.15) is 5.41 Å². The minimum absolute atomic E-state index is 0.0752. The van der Waals surface area contributed by atoms with Crippen LogP contribution in [0.15, 0.2) is 108 Å². The van der Waals surface area contributed by atoms with E-state index in [1.165, 1.54) is 9.80 Å². The summed E-state index contributed by atoms with van der Waals surface area (Å²) in [5.74, 6) is -1.36. The minimum Gasteiger partial charge on any atom is -0.307 e. The molecule has 3 unspecified atom stereocenters. The van der Waals surface area contributed by atoms with Crippen LogP contribution in [0.25, 0.3) is 0 Å². The lowest BCUT2D eigenvalue weighted by Crippen LogP contribution is -2.65. The molecule has 0 bridgehead atoms. The quantitative estimate of drug-likeness (QED) is 0.197. The molecule has 2 heterocycles. The Morgan fingerprint density at radius 3 is 1.89 bits per heavy atom. The van der Waals surface area contributed by atoms with E-state index in [9.17, 15) is 20.6 Å². The summed E-state index contributed by atoms with van der Waals surface area (Å²) in [6, 6.07) is 32.7. The van der Waals surface area contributed by atoms with Crippen LogP contribution in [0.2, 0.25) is 0 Å². The molecule has 220 valence electrons. The Bertz CT molecular complexity index is 1970. The first-order valence-electron chi connectivity index (χ1n) is 14.3. The first-order valence-corrected chi connectivity index (χ1v) is 15.1. The number of anilines is 2. The third kappa shape index (κ3) is 3.51. The van der Waals surface area contributed by atoms with Crippen molar-refractivity contribution in [3.8, 4) is 12.1 Å². The summed E-state index contributed by atoms with van der Waals surface area (Å²) in [6.45, 7) is 0.157. The first-order chi connectivity index (χ1) is 21.8. The molecular formula is C35H24BrN5O4. The second-order valence-corrected chi connectivity index (χ2v) is 12.5. The van der Waals surface area contributed by atoms with Crippen LogP contribution in [-0.4, -0.2) is 22.8 Å². The largest absolute Gasteiger partial charge is 0.307 e. The van der Waals surface area contributed by atoms with E-state index in [0.717, 1.165) is 11.1 Å². The molecule has 2 amide bonds. The van der Waals surface area contributed by atoms with Gasteiger partial charge < -0.3 is 9.80 Å². The number of fused-ring (bicyclic) bond motifs is 5. The van der Waals surface area contributed by atoms with E-state index >= 15 is 9.59 Å². The monoisotopic (exact) mass is 657 g/mol. The number of nitriles is 2. The summed E-state index contributed by atoms with van der Waals surface area (Å²) in [5.41, 5.74) is -3.82. The molecular weight excluding hydrogens is 634 g/mol. The van der Waals surface area contributed by atoms with Gasteiger partial charge in [-0.15, -0.1) is 0 Å². The zero-order valence-corrected chi connectivity index (χ0v) is 25.3. The number of nitrogens with zero attached hydrogens (tertiary/aromatic N) is 5. The molecule has 9 nitrogen and oxygen atoms in total. The van der Waals surface area contributed by atoms with Crippen LogP contribution in [0.1, 0.15) is 28.7 Å². The lowest BCUT2D eigenvalue weighted by atomic mass is 9.51. The number of hydrogen-bond donors (Lipinski definition) is 0. The number of rotatable bonds is 5. The van der Waals surface area contributed by atoms with Gasteiger partial charge in [0.2, 0.25) is 17.9 Å². The fraction of sp³-hybridized carbons (Fsp3) is 0.200. The second kappa shape index (κ2) is 10.1. The molecule has 1 aliphatic carbocycles. The van der Waals surface area contributed by atoms with Crippen molar-refractivity contribution in [2.24, 2.45) is 5.41 Å². The van der Waals surface area contributed by atoms with Crippen molar-refractivity contribution in [3.05, 3.63) is 140 Å². The standard InChI is InChI=1S/C35H24BrN5O4/c36-25-15-16-29-27(17-25)35(32(43)40(29)20-24-11-5-2-6-12-24)33(21-37,22-38)18-30(41(44)45)34(35)26-13-7-8-14-28(26)39(31(34)42)19-23-9-3-1-4-10-23/h1-17,30H,18-20H2. The van der Waals surface area contributed by atoms with E-state index in [1.807, 2.05) is 60.7 Å². The lowest BCUT2D eigenvalue weighted by molar-refractivity contribution is -0.529. The molecule has 10 heteroatoms. The normalized spacial score (nSPS) is 24.0. The Hall–Kier alpha value is -5.32. The highest BCUT2D eigenvalue weighted by molar-refractivity contribution is 9.10. The molecule has 7 rings (SSSR count). The van der Waals surface area contributed by atoms with E-state index in [2.05, 4.69) is 28.1 Å². The third-order valence-electron chi connectivity index (χ3n) is 9.66. The SMILES string of the molecule is N#CC1(C#N)CC([N+](=O)[O-])C2(C(=O)N(Cc3ccccc3)c3ccccc32)C12C(=O)N(Cc1ccccc1)c1ccc(Br)cc12. The maximum atomic E-state index is 15.4. The summed E-state index contributed by atoms with van der Waals surface area (Å²) in [7, 11) is 0. The van der Waals surface area contributed by atoms with Crippen LogP contribution in [0, 0.1) is 38.2 Å². The Morgan fingerprint density at radius 1 is 0.778 bits per heavy atom. The molecule has 0 saturated heterocycles. The predicted octanol–water partition coefficient (Wildman–Crippen LogP) is 5.80. The summed E-state index contributed by atoms with van der Waals surface area (Å²) in [6.07, 6.45) is -0.608. The van der Waals surface area contributed by atoms with Gasteiger partial charge in [-0.25, -0.2) is 0 Å². The van der Waals surface area contributed by atoms with Gasteiger partial charge in [0.05, 0.1) is 31.6 Å². The van der Waals surface area contributed by atoms with Gasteiger partial charge in [0, 0.05) is 20.8 Å². The molecule has 2 aliphatic heterocycles. The molecule has 3 aliphatic rings. The number of carbonyl (C=O) groups excluding carboxylic acids is 2. The van der Waals surface area contributed by atoms with Gasteiger partial charge in [0.15, 0.2) is 10.8 Å². The number of benzene rings is 4. The molecule has 4 aromatic carbocycles. The number of amides is 2. The van der Waals surface area contributed by atoms with E-state index in [1.54, 1.807) is 42.5 Å². The van der Waals surface area contributed by atoms with Gasteiger partial charge in [-0.3, -0.25) is 19.7 Å². The van der Waals surface area contributed by atoms with Crippen molar-refractivity contribution >= 4 is 39.1 Å². The molecule has 1 saturated carbocycles. The highest BCUT2D eigenvalue weighted by atomic mass is 79.9. The highest BCUT2D eigenvalue weighted by Crippen LogP contribution is 2.72. The number of carbonyl (C=O) groups is 2. The Kier molecular flexibility index (Phi) is 6.40. The smallest absolute Gasteiger partial charge is 0.246 e. The topological polar surface area (TPSA) is 131 Å². The average Bonchev–Trinajstić information content (AvgIpc) is 3.58. The van der Waals surface area contributed by atoms with Crippen molar-refractivity contribution in [2.75, 3.05) is 9.80 Å². The highest BCUT2D eigenvalue weighted by Gasteiger charge is 2.88. The fourth-order valence-electron chi connectivity index (χ4n) is 7.97. The molecule has 0 aromatic heterocycles. The maximum absolute atomic E-state index is 15.4. The van der Waals surface area contributed by atoms with Gasteiger partial charge in [-0.1, -0.05) is 94.8 Å². The number of nitro groups is 1. The number of para-hydroxylation sites is 1. The van der Waals surface area contributed by atoms with Crippen LogP contribution >= 0.6 is 15.9 Å². The summed E-state index contributed by atoms with van der Waals surface area (Å²) in [5, 5.41) is 35.0. The van der Waals surface area contributed by atoms with Gasteiger partial charge in [-0.05, 0) is 46.5 Å². The zero-order chi connectivity index (χ0) is 31.6. The average molecular weight is 659 g/mol. The maximum Gasteiger partial charge on any atom is 0.246 e. The minimum atomic E-state index is -2.26. The molecule has 0 radical (unpaired) electrons. The number of halogens is 1. The van der Waals surface area contributed by atoms with Gasteiger partial charge in [0.25, 0.3) is 0 Å². The summed E-state index contributed by atoms with van der Waals surface area (Å²) < 4.78 is 0.541. The summed E-state index contributed by atoms with van der Waals surface area (Å²) in [4.78, 5) is 46.3. The van der Waals surface area contributed by atoms with Crippen LogP contribution < -0.4 is 9.80 Å². The molecule has 2 spiro atoms. The molecule has 1 fully saturated rings. The van der Waals surface area contributed by atoms with Crippen molar-refractivity contribution in [1.29, 1.82) is 10.5 Å². The van der Waals surface area contributed by atoms with E-state index in [-0.39, 0.29) is 24.2 Å². The fourth-order valence-corrected chi connectivity index (χ4v) is 8.34. The van der Waals surface area contributed by atoms with Crippen LogP contribution in [0.5, 0.6) is 0 Å². The van der Waals surface area contributed by atoms with E-state index < -0.39 is 45.4 Å². The second-order valence-electron chi connectivity index (χ2n) is 11.6. The van der Waals surface area contributed by atoms with Crippen molar-refractivity contribution < 1.29 is 14.5 Å². The lowest BCUT2D eigenvalue weighted by Gasteiger charge is -2.42. The first kappa shape index (κ1) is 28.5. The predicted molar refractivity (Wildman–Crippen MR) is 168 cm³/mol. The van der Waals surface area contributed by atoms with Gasteiger partial charge >= 0.3 is 0 Å². The van der Waals surface area contributed by atoms with Crippen molar-refractivity contribution in [3.63, 3.8) is 0 Å². The molecule has 3 atom stereocenters. The van der Waals surface area contributed by atoms with Crippen LogP contribution in [-0.2, 0) is 33.5 Å². The Labute approximate surface area is 267 Å². The zero-order valence-electron chi connectivity index (χ0n) is 23.8. The van der Waals surface area contributed by atoms with Crippen LogP contribution in [0.4, 0.5) is 11.4 Å². The van der Waals surface area contributed by atoms with Crippen LogP contribution in [0.3, 0.4) is 0 Å². The van der Waals surface area contributed by atoms with Gasteiger partial charge in [-0.2, -0.15) is 10.5 Å².